The average molecular weight is 244 g/mol. The molecule has 5 nitrogen and oxygen atoms in total. The quantitative estimate of drug-likeness (QED) is 0.644. The van der Waals surface area contributed by atoms with Gasteiger partial charge in [-0.15, -0.1) is 0 Å². The Bertz CT molecular complexity index is 242. The molecule has 1 atom stereocenters. The second kappa shape index (κ2) is 6.04. The molecule has 0 radical (unpaired) electrons. The van der Waals surface area contributed by atoms with Crippen LogP contribution >= 0.6 is 15.0 Å². The summed E-state index contributed by atoms with van der Waals surface area (Å²) in [7, 11) is -4.79. The molecule has 7 heteroatoms. The van der Waals surface area contributed by atoms with E-state index in [0.29, 0.717) is 0 Å². The monoisotopic (exact) mass is 244 g/mol. The van der Waals surface area contributed by atoms with Crippen LogP contribution in [0.1, 0.15) is 13.8 Å². The van der Waals surface area contributed by atoms with E-state index in [1.165, 1.54) is 13.8 Å². The lowest BCUT2D eigenvalue weighted by Gasteiger charge is -2.19. The van der Waals surface area contributed by atoms with Crippen molar-refractivity contribution < 1.29 is 22.7 Å². The highest BCUT2D eigenvalue weighted by Gasteiger charge is 2.32. The zero-order valence-corrected chi connectivity index (χ0v) is 10.8. The molecule has 14 heavy (non-hydrogen) atoms. The molecule has 0 aromatic heterocycles. The lowest BCUT2D eigenvalue weighted by atomic mass is 10.9. The topological polar surface area (TPSA) is 61.8 Å². The minimum absolute atomic E-state index is 0.168. The van der Waals surface area contributed by atoms with E-state index in [9.17, 15) is 9.13 Å². The van der Waals surface area contributed by atoms with Crippen LogP contribution in [0.15, 0.2) is 0 Å². The molecule has 0 aromatic rings. The lowest BCUT2D eigenvalue weighted by Crippen LogP contribution is -2.01. The van der Waals surface area contributed by atoms with Crippen molar-refractivity contribution in [3.8, 4) is 0 Å². The van der Waals surface area contributed by atoms with E-state index in [4.69, 9.17) is 13.6 Å². The van der Waals surface area contributed by atoms with Gasteiger partial charge in [-0.05, 0) is 13.8 Å². The number of hydrogen-bond donors (Lipinski definition) is 0. The van der Waals surface area contributed by atoms with Gasteiger partial charge in [0.1, 0.15) is 5.90 Å². The SMILES string of the molecule is CCOP(=O)(CP(C)(=O)OC)OCC. The van der Waals surface area contributed by atoms with Crippen LogP contribution in [0.2, 0.25) is 0 Å². The summed E-state index contributed by atoms with van der Waals surface area (Å²) in [5.74, 6) is -0.168. The second-order valence-electron chi connectivity index (χ2n) is 2.78. The zero-order valence-electron chi connectivity index (χ0n) is 9.06. The highest BCUT2D eigenvalue weighted by atomic mass is 31.2. The fourth-order valence-electron chi connectivity index (χ4n) is 0.885. The Morgan fingerprint density at radius 3 is 1.79 bits per heavy atom. The van der Waals surface area contributed by atoms with E-state index in [-0.39, 0.29) is 19.1 Å². The second-order valence-corrected chi connectivity index (χ2v) is 8.05. The molecule has 86 valence electrons. The molecule has 0 spiro atoms. The predicted octanol–water partition coefficient (Wildman–Crippen LogP) is 2.76. The van der Waals surface area contributed by atoms with Crippen LogP contribution in [0.4, 0.5) is 0 Å². The molecule has 0 rings (SSSR count). The molecule has 0 saturated heterocycles. The van der Waals surface area contributed by atoms with E-state index in [1.54, 1.807) is 13.8 Å². The van der Waals surface area contributed by atoms with Gasteiger partial charge >= 0.3 is 7.60 Å². The van der Waals surface area contributed by atoms with Gasteiger partial charge in [-0.25, -0.2) is 0 Å². The first kappa shape index (κ1) is 14.3. The summed E-state index contributed by atoms with van der Waals surface area (Å²) >= 11 is 0. The number of hydrogen-bond acceptors (Lipinski definition) is 5. The third kappa shape index (κ3) is 5.28. The van der Waals surface area contributed by atoms with Crippen molar-refractivity contribution in [2.75, 3.05) is 32.9 Å². The largest absolute Gasteiger partial charge is 0.340 e. The molecule has 0 aliphatic rings. The third-order valence-electron chi connectivity index (χ3n) is 1.47. The summed E-state index contributed by atoms with van der Waals surface area (Å²) in [6.45, 7) is 5.36. The Labute approximate surface area is 85.1 Å². The molecule has 0 aliphatic heterocycles. The van der Waals surface area contributed by atoms with Gasteiger partial charge in [0.25, 0.3) is 0 Å². The highest BCUT2D eigenvalue weighted by Crippen LogP contribution is 2.61. The van der Waals surface area contributed by atoms with Gasteiger partial charge in [-0.1, -0.05) is 0 Å². The van der Waals surface area contributed by atoms with Crippen LogP contribution in [-0.2, 0) is 22.7 Å². The molecular formula is C7H18O5P2. The van der Waals surface area contributed by atoms with E-state index in [2.05, 4.69) is 0 Å². The molecule has 1 unspecified atom stereocenters. The van der Waals surface area contributed by atoms with Crippen LogP contribution in [0.3, 0.4) is 0 Å². The van der Waals surface area contributed by atoms with Gasteiger partial charge in [0.05, 0.1) is 13.2 Å². The van der Waals surface area contributed by atoms with Crippen molar-refractivity contribution in [2.24, 2.45) is 0 Å². The fraction of sp³-hybridized carbons (Fsp3) is 1.00. The molecule has 0 aromatic carbocycles. The van der Waals surface area contributed by atoms with Gasteiger partial charge in [0, 0.05) is 13.8 Å². The van der Waals surface area contributed by atoms with Crippen molar-refractivity contribution >= 4 is 15.0 Å². The lowest BCUT2D eigenvalue weighted by molar-refractivity contribution is 0.223. The Kier molecular flexibility index (Phi) is 6.19. The van der Waals surface area contributed by atoms with Gasteiger partial charge in [-0.3, -0.25) is 9.13 Å². The van der Waals surface area contributed by atoms with Gasteiger partial charge < -0.3 is 13.6 Å². The molecule has 0 saturated carbocycles. The van der Waals surface area contributed by atoms with Crippen LogP contribution in [-0.4, -0.2) is 32.9 Å². The van der Waals surface area contributed by atoms with Gasteiger partial charge in [0.15, 0.2) is 0 Å². The molecule has 0 heterocycles. The molecule has 0 bridgehead atoms. The minimum Gasteiger partial charge on any atom is -0.332 e. The Morgan fingerprint density at radius 1 is 1.07 bits per heavy atom. The molecule has 0 fully saturated rings. The summed E-state index contributed by atoms with van der Waals surface area (Å²) in [4.78, 5) is 0. The van der Waals surface area contributed by atoms with Crippen molar-refractivity contribution in [1.82, 2.24) is 0 Å². The third-order valence-corrected chi connectivity index (χ3v) is 6.98. The summed E-state index contributed by atoms with van der Waals surface area (Å²) in [5.41, 5.74) is 0. The smallest absolute Gasteiger partial charge is 0.332 e. The van der Waals surface area contributed by atoms with E-state index in [0.717, 1.165) is 0 Å². The minimum atomic E-state index is -3.25. The van der Waals surface area contributed by atoms with Gasteiger partial charge in [-0.2, -0.15) is 0 Å². The molecule has 0 aliphatic carbocycles. The first-order valence-electron chi connectivity index (χ1n) is 4.39. The van der Waals surface area contributed by atoms with Crippen molar-refractivity contribution in [3.63, 3.8) is 0 Å². The van der Waals surface area contributed by atoms with Crippen LogP contribution in [0.5, 0.6) is 0 Å². The maximum absolute atomic E-state index is 11.9. The highest BCUT2D eigenvalue weighted by molar-refractivity contribution is 7.73. The maximum atomic E-state index is 11.9. The van der Waals surface area contributed by atoms with Crippen molar-refractivity contribution in [3.05, 3.63) is 0 Å². The molecule has 0 N–H and O–H groups in total. The number of rotatable bonds is 7. The normalized spacial score (nSPS) is 16.6. The molecule has 0 amide bonds. The van der Waals surface area contributed by atoms with E-state index < -0.39 is 15.0 Å². The fourth-order valence-corrected chi connectivity index (χ4v) is 5.38. The Hall–Kier alpha value is 0.340. The summed E-state index contributed by atoms with van der Waals surface area (Å²) < 4.78 is 38.2. The van der Waals surface area contributed by atoms with Gasteiger partial charge in [0.2, 0.25) is 7.37 Å². The standard InChI is InChI=1S/C7H18O5P2/c1-5-11-14(9,12-6-2)7-13(4,8)10-3/h5-7H2,1-4H3. The van der Waals surface area contributed by atoms with Crippen LogP contribution in [0.25, 0.3) is 0 Å². The van der Waals surface area contributed by atoms with Crippen LogP contribution < -0.4 is 0 Å². The van der Waals surface area contributed by atoms with E-state index in [1.807, 2.05) is 0 Å². The maximum Gasteiger partial charge on any atom is 0.340 e. The Morgan fingerprint density at radius 2 is 1.50 bits per heavy atom. The first-order chi connectivity index (χ1) is 6.39. The summed E-state index contributed by atoms with van der Waals surface area (Å²) in [5, 5.41) is 0. The first-order valence-corrected chi connectivity index (χ1v) is 8.38. The summed E-state index contributed by atoms with van der Waals surface area (Å²) in [6.07, 6.45) is 0. The van der Waals surface area contributed by atoms with Crippen molar-refractivity contribution in [2.45, 2.75) is 13.8 Å². The van der Waals surface area contributed by atoms with E-state index >= 15 is 0 Å². The van der Waals surface area contributed by atoms with Crippen LogP contribution in [0, 0.1) is 0 Å². The predicted molar refractivity (Wildman–Crippen MR) is 56.3 cm³/mol. The Balaban J connectivity index is 4.52. The average Bonchev–Trinajstić information content (AvgIpc) is 2.03. The summed E-state index contributed by atoms with van der Waals surface area (Å²) in [6, 6.07) is 0. The van der Waals surface area contributed by atoms with Crippen molar-refractivity contribution in [1.29, 1.82) is 0 Å². The zero-order chi connectivity index (χ0) is 11.2. The molecular weight excluding hydrogens is 226 g/mol.